The molecule has 0 aliphatic carbocycles. The van der Waals surface area contributed by atoms with Crippen LogP contribution in [0, 0.1) is 19.7 Å². The van der Waals surface area contributed by atoms with Crippen molar-refractivity contribution in [1.82, 2.24) is 0 Å². The Balaban J connectivity index is 2.55. The second-order valence-corrected chi connectivity index (χ2v) is 5.05. The first kappa shape index (κ1) is 11.3. The predicted octanol–water partition coefficient (Wildman–Crippen LogP) is 3.63. The molecule has 0 spiro atoms. The smallest absolute Gasteiger partial charge is 0.123 e. The van der Waals surface area contributed by atoms with E-state index < -0.39 is 0 Å². The molecule has 0 saturated carbocycles. The van der Waals surface area contributed by atoms with Crippen molar-refractivity contribution in [3.63, 3.8) is 0 Å². The summed E-state index contributed by atoms with van der Waals surface area (Å²) in [6.45, 7) is 4.43. The Morgan fingerprint density at radius 1 is 1.19 bits per heavy atom. The molecule has 16 heavy (non-hydrogen) atoms. The Labute approximate surface area is 98.7 Å². The molecule has 0 saturated heterocycles. The number of nitrogens with two attached hydrogens (primary N) is 1. The Bertz CT molecular complexity index is 493. The summed E-state index contributed by atoms with van der Waals surface area (Å²) >= 11 is 1.67. The molecule has 0 aliphatic heterocycles. The average Bonchev–Trinajstić information content (AvgIpc) is 2.64. The van der Waals surface area contributed by atoms with Gasteiger partial charge >= 0.3 is 0 Å². The normalized spacial score (nSPS) is 10.8. The molecule has 0 bridgehead atoms. The first-order valence-corrected chi connectivity index (χ1v) is 5.99. The third-order valence-corrected chi connectivity index (χ3v) is 3.73. The fourth-order valence-electron chi connectivity index (χ4n) is 1.92. The highest BCUT2D eigenvalue weighted by Crippen LogP contribution is 2.33. The first-order valence-electron chi connectivity index (χ1n) is 5.17. The quantitative estimate of drug-likeness (QED) is 0.845. The van der Waals surface area contributed by atoms with Crippen molar-refractivity contribution >= 4 is 11.3 Å². The van der Waals surface area contributed by atoms with Crippen molar-refractivity contribution < 1.29 is 4.39 Å². The van der Waals surface area contributed by atoms with Crippen LogP contribution in [0.25, 0.3) is 10.4 Å². The third kappa shape index (κ3) is 2.01. The van der Waals surface area contributed by atoms with Crippen molar-refractivity contribution in [3.05, 3.63) is 46.1 Å². The van der Waals surface area contributed by atoms with Gasteiger partial charge in [-0.1, -0.05) is 0 Å². The lowest BCUT2D eigenvalue weighted by atomic mass is 10.0. The molecule has 0 amide bonds. The van der Waals surface area contributed by atoms with E-state index in [1.54, 1.807) is 23.5 Å². The highest BCUT2D eigenvalue weighted by Gasteiger charge is 2.09. The molecule has 0 atom stereocenters. The van der Waals surface area contributed by atoms with E-state index in [2.05, 4.69) is 6.07 Å². The summed E-state index contributed by atoms with van der Waals surface area (Å²) in [5.41, 5.74) is 8.67. The Morgan fingerprint density at radius 3 is 2.31 bits per heavy atom. The van der Waals surface area contributed by atoms with Crippen LogP contribution in [-0.4, -0.2) is 0 Å². The standard InChI is InChI=1S/C13H14FNS/c1-8-5-10(14)6-9(2)13(8)12-4-3-11(7-15)16-12/h3-6H,7,15H2,1-2H3. The maximum absolute atomic E-state index is 13.2. The Hall–Kier alpha value is -1.19. The fraction of sp³-hybridized carbons (Fsp3) is 0.231. The van der Waals surface area contributed by atoms with Crippen LogP contribution in [0.3, 0.4) is 0 Å². The lowest BCUT2D eigenvalue weighted by Crippen LogP contribution is -1.91. The van der Waals surface area contributed by atoms with Crippen molar-refractivity contribution in [2.75, 3.05) is 0 Å². The van der Waals surface area contributed by atoms with E-state index in [1.807, 2.05) is 19.9 Å². The van der Waals surface area contributed by atoms with Gasteiger partial charge in [-0.05, 0) is 54.8 Å². The highest BCUT2D eigenvalue weighted by molar-refractivity contribution is 7.15. The minimum absolute atomic E-state index is 0.172. The maximum Gasteiger partial charge on any atom is 0.123 e. The van der Waals surface area contributed by atoms with Gasteiger partial charge in [-0.25, -0.2) is 4.39 Å². The van der Waals surface area contributed by atoms with E-state index in [1.165, 1.54) is 0 Å². The van der Waals surface area contributed by atoms with Crippen LogP contribution < -0.4 is 5.73 Å². The SMILES string of the molecule is Cc1cc(F)cc(C)c1-c1ccc(CN)s1. The van der Waals surface area contributed by atoms with Crippen LogP contribution in [0.15, 0.2) is 24.3 Å². The molecule has 0 fully saturated rings. The molecule has 0 radical (unpaired) electrons. The monoisotopic (exact) mass is 235 g/mol. The topological polar surface area (TPSA) is 26.0 Å². The van der Waals surface area contributed by atoms with Crippen LogP contribution in [0.5, 0.6) is 0 Å². The lowest BCUT2D eigenvalue weighted by molar-refractivity contribution is 0.625. The minimum atomic E-state index is -0.172. The Morgan fingerprint density at radius 2 is 1.81 bits per heavy atom. The molecule has 2 rings (SSSR count). The minimum Gasteiger partial charge on any atom is -0.326 e. The van der Waals surface area contributed by atoms with E-state index in [4.69, 9.17) is 5.73 Å². The molecule has 0 aliphatic rings. The molecular formula is C13H14FNS. The molecule has 3 heteroatoms. The zero-order valence-electron chi connectivity index (χ0n) is 9.38. The Kier molecular flexibility index (Phi) is 3.08. The molecule has 1 aromatic carbocycles. The van der Waals surface area contributed by atoms with Crippen LogP contribution in [-0.2, 0) is 6.54 Å². The summed E-state index contributed by atoms with van der Waals surface area (Å²) in [5, 5.41) is 0. The zero-order valence-corrected chi connectivity index (χ0v) is 10.2. The number of halogens is 1. The third-order valence-electron chi connectivity index (χ3n) is 2.61. The van der Waals surface area contributed by atoms with E-state index >= 15 is 0 Å². The van der Waals surface area contributed by atoms with Gasteiger partial charge in [0.25, 0.3) is 0 Å². The van der Waals surface area contributed by atoms with Gasteiger partial charge < -0.3 is 5.73 Å². The second-order valence-electron chi connectivity index (χ2n) is 3.88. The summed E-state index contributed by atoms with van der Waals surface area (Å²) in [7, 11) is 0. The van der Waals surface area contributed by atoms with E-state index in [9.17, 15) is 4.39 Å². The lowest BCUT2D eigenvalue weighted by Gasteiger charge is -2.07. The van der Waals surface area contributed by atoms with E-state index in [-0.39, 0.29) is 5.82 Å². The van der Waals surface area contributed by atoms with Crippen molar-refractivity contribution in [1.29, 1.82) is 0 Å². The molecule has 2 N–H and O–H groups in total. The number of hydrogen-bond donors (Lipinski definition) is 1. The molecule has 0 unspecified atom stereocenters. The number of benzene rings is 1. The molecule has 1 aromatic heterocycles. The summed E-state index contributed by atoms with van der Waals surface area (Å²) in [5.74, 6) is -0.172. The predicted molar refractivity (Wildman–Crippen MR) is 67.1 cm³/mol. The van der Waals surface area contributed by atoms with Gasteiger partial charge in [0.05, 0.1) is 0 Å². The summed E-state index contributed by atoms with van der Waals surface area (Å²) in [6, 6.07) is 7.23. The van der Waals surface area contributed by atoms with Crippen molar-refractivity contribution in [2.45, 2.75) is 20.4 Å². The van der Waals surface area contributed by atoms with Crippen LogP contribution in [0.2, 0.25) is 0 Å². The zero-order chi connectivity index (χ0) is 11.7. The molecule has 2 aromatic rings. The summed E-state index contributed by atoms with van der Waals surface area (Å²) in [6.07, 6.45) is 0. The van der Waals surface area contributed by atoms with Gasteiger partial charge in [0.1, 0.15) is 5.82 Å². The van der Waals surface area contributed by atoms with Crippen molar-refractivity contribution in [2.24, 2.45) is 5.73 Å². The number of hydrogen-bond acceptors (Lipinski definition) is 2. The highest BCUT2D eigenvalue weighted by atomic mass is 32.1. The van der Waals surface area contributed by atoms with Gasteiger partial charge in [-0.3, -0.25) is 0 Å². The largest absolute Gasteiger partial charge is 0.326 e. The number of rotatable bonds is 2. The first-order chi connectivity index (χ1) is 7.61. The average molecular weight is 235 g/mol. The van der Waals surface area contributed by atoms with Gasteiger partial charge in [0, 0.05) is 16.3 Å². The number of aryl methyl sites for hydroxylation is 2. The van der Waals surface area contributed by atoms with Crippen LogP contribution in [0.1, 0.15) is 16.0 Å². The van der Waals surface area contributed by atoms with Crippen molar-refractivity contribution in [3.8, 4) is 10.4 Å². The molecular weight excluding hydrogens is 221 g/mol. The van der Waals surface area contributed by atoms with Gasteiger partial charge in [0.2, 0.25) is 0 Å². The van der Waals surface area contributed by atoms with Crippen LogP contribution in [0.4, 0.5) is 4.39 Å². The summed E-state index contributed by atoms with van der Waals surface area (Å²) in [4.78, 5) is 2.31. The van der Waals surface area contributed by atoms with E-state index in [0.717, 1.165) is 26.4 Å². The van der Waals surface area contributed by atoms with Gasteiger partial charge in [-0.2, -0.15) is 0 Å². The van der Waals surface area contributed by atoms with Gasteiger partial charge in [0.15, 0.2) is 0 Å². The van der Waals surface area contributed by atoms with Gasteiger partial charge in [-0.15, -0.1) is 11.3 Å². The maximum atomic E-state index is 13.2. The fourth-order valence-corrected chi connectivity index (χ4v) is 2.98. The molecule has 1 heterocycles. The summed E-state index contributed by atoms with van der Waals surface area (Å²) < 4.78 is 13.2. The molecule has 1 nitrogen and oxygen atoms in total. The number of thiophene rings is 1. The van der Waals surface area contributed by atoms with Crippen LogP contribution >= 0.6 is 11.3 Å². The molecule has 84 valence electrons. The second kappa shape index (κ2) is 4.36. The van der Waals surface area contributed by atoms with E-state index in [0.29, 0.717) is 6.54 Å².